The minimum absolute atomic E-state index is 0.540. The maximum Gasteiger partial charge on any atom is 0.191 e. The van der Waals surface area contributed by atoms with Crippen molar-refractivity contribution in [3.63, 3.8) is 0 Å². The van der Waals surface area contributed by atoms with E-state index in [4.69, 9.17) is 16.3 Å². The Morgan fingerprint density at radius 3 is 2.84 bits per heavy atom. The molecule has 7 nitrogen and oxygen atoms in total. The Morgan fingerprint density at radius 2 is 2.16 bits per heavy atom. The second-order valence-electron chi connectivity index (χ2n) is 5.64. The van der Waals surface area contributed by atoms with Gasteiger partial charge in [0.05, 0.1) is 13.1 Å². The lowest BCUT2D eigenvalue weighted by atomic mass is 10.2. The van der Waals surface area contributed by atoms with Gasteiger partial charge in [-0.25, -0.2) is 4.99 Å². The van der Waals surface area contributed by atoms with Gasteiger partial charge in [0.1, 0.15) is 5.82 Å². The van der Waals surface area contributed by atoms with Gasteiger partial charge in [-0.2, -0.15) is 0 Å². The summed E-state index contributed by atoms with van der Waals surface area (Å²) < 4.78 is 7.03. The van der Waals surface area contributed by atoms with Crippen LogP contribution in [0.5, 0.6) is 0 Å². The van der Waals surface area contributed by atoms with Crippen LogP contribution in [0.3, 0.4) is 0 Å². The first-order valence-electron chi connectivity index (χ1n) is 8.20. The Bertz CT molecular complexity index is 700. The molecule has 0 unspecified atom stereocenters. The first-order chi connectivity index (χ1) is 12.1. The summed E-state index contributed by atoms with van der Waals surface area (Å²) in [6.07, 6.45) is 0.900. The minimum atomic E-state index is 0.540. The van der Waals surface area contributed by atoms with Crippen molar-refractivity contribution in [3.8, 4) is 0 Å². The van der Waals surface area contributed by atoms with Crippen LogP contribution in [0, 0.1) is 6.92 Å². The van der Waals surface area contributed by atoms with Crippen LogP contribution in [0.1, 0.15) is 23.6 Å². The van der Waals surface area contributed by atoms with Crippen molar-refractivity contribution in [2.24, 2.45) is 12.0 Å². The largest absolute Gasteiger partial charge is 0.385 e. The minimum Gasteiger partial charge on any atom is -0.385 e. The standard InChI is InChI=1S/C17H25ClN6O/c1-13-22-23-16(24(13)2)12-21-17(19-8-5-9-25-3)20-11-14-6-4-7-15(18)10-14/h4,6-7,10H,5,8-9,11-12H2,1-3H3,(H2,19,20,21). The molecule has 0 aliphatic rings. The third-order valence-electron chi connectivity index (χ3n) is 3.72. The average Bonchev–Trinajstić information content (AvgIpc) is 2.92. The van der Waals surface area contributed by atoms with Crippen molar-refractivity contribution in [2.45, 2.75) is 26.4 Å². The second-order valence-corrected chi connectivity index (χ2v) is 6.08. The fraction of sp³-hybridized carbons (Fsp3) is 0.471. The van der Waals surface area contributed by atoms with Gasteiger partial charge in [-0.1, -0.05) is 23.7 Å². The molecule has 136 valence electrons. The van der Waals surface area contributed by atoms with Gasteiger partial charge in [-0.15, -0.1) is 10.2 Å². The van der Waals surface area contributed by atoms with Crippen LogP contribution in [-0.4, -0.2) is 41.0 Å². The highest BCUT2D eigenvalue weighted by Crippen LogP contribution is 2.11. The topological polar surface area (TPSA) is 76.4 Å². The molecule has 0 radical (unpaired) electrons. The van der Waals surface area contributed by atoms with E-state index < -0.39 is 0 Å². The molecule has 25 heavy (non-hydrogen) atoms. The zero-order valence-corrected chi connectivity index (χ0v) is 15.7. The zero-order valence-electron chi connectivity index (χ0n) is 14.9. The van der Waals surface area contributed by atoms with Crippen molar-refractivity contribution in [3.05, 3.63) is 46.5 Å². The molecule has 0 aliphatic carbocycles. The number of nitrogens with one attached hydrogen (secondary N) is 2. The van der Waals surface area contributed by atoms with E-state index >= 15 is 0 Å². The van der Waals surface area contributed by atoms with Gasteiger partial charge in [0.2, 0.25) is 0 Å². The molecule has 8 heteroatoms. The number of benzene rings is 1. The molecular formula is C17H25ClN6O. The highest BCUT2D eigenvalue weighted by molar-refractivity contribution is 6.30. The molecule has 0 aliphatic heterocycles. The summed E-state index contributed by atoms with van der Waals surface area (Å²) in [5.41, 5.74) is 1.06. The highest BCUT2D eigenvalue weighted by atomic mass is 35.5. The maximum absolute atomic E-state index is 6.03. The van der Waals surface area contributed by atoms with Crippen LogP contribution in [0.15, 0.2) is 29.3 Å². The van der Waals surface area contributed by atoms with Crippen molar-refractivity contribution >= 4 is 17.6 Å². The predicted octanol–water partition coefficient (Wildman–Crippen LogP) is 2.05. The normalized spacial score (nSPS) is 11.6. The lowest BCUT2D eigenvalue weighted by Crippen LogP contribution is -2.38. The number of aliphatic imine (C=N–C) groups is 1. The maximum atomic E-state index is 6.03. The lowest BCUT2D eigenvalue weighted by molar-refractivity contribution is 0.195. The van der Waals surface area contributed by atoms with E-state index in [9.17, 15) is 0 Å². The number of rotatable bonds is 8. The molecule has 1 aromatic heterocycles. The monoisotopic (exact) mass is 364 g/mol. The van der Waals surface area contributed by atoms with Gasteiger partial charge in [-0.3, -0.25) is 0 Å². The lowest BCUT2D eigenvalue weighted by Gasteiger charge is -2.12. The van der Waals surface area contributed by atoms with E-state index in [0.29, 0.717) is 24.7 Å². The Morgan fingerprint density at radius 1 is 1.32 bits per heavy atom. The summed E-state index contributed by atoms with van der Waals surface area (Å²) in [5, 5.41) is 15.5. The average molecular weight is 365 g/mol. The first kappa shape index (κ1) is 19.2. The van der Waals surface area contributed by atoms with E-state index in [2.05, 4.69) is 25.8 Å². The number of methoxy groups -OCH3 is 1. The molecule has 0 amide bonds. The van der Waals surface area contributed by atoms with Gasteiger partial charge in [0.25, 0.3) is 0 Å². The van der Waals surface area contributed by atoms with Crippen molar-refractivity contribution in [1.82, 2.24) is 25.4 Å². The van der Waals surface area contributed by atoms with Crippen LogP contribution < -0.4 is 10.6 Å². The van der Waals surface area contributed by atoms with Crippen LogP contribution in [0.2, 0.25) is 5.02 Å². The predicted molar refractivity (Wildman–Crippen MR) is 99.7 cm³/mol. The zero-order chi connectivity index (χ0) is 18.1. The third kappa shape index (κ3) is 6.36. The Labute approximate surface area is 153 Å². The summed E-state index contributed by atoms with van der Waals surface area (Å²) in [4.78, 5) is 4.62. The van der Waals surface area contributed by atoms with E-state index in [1.807, 2.05) is 42.8 Å². The van der Waals surface area contributed by atoms with Crippen molar-refractivity contribution in [1.29, 1.82) is 0 Å². The third-order valence-corrected chi connectivity index (χ3v) is 3.96. The molecule has 2 aromatic rings. The van der Waals surface area contributed by atoms with Gasteiger partial charge in [0, 0.05) is 32.3 Å². The molecule has 2 rings (SSSR count). The summed E-state index contributed by atoms with van der Waals surface area (Å²) in [6.45, 7) is 4.48. The molecule has 1 heterocycles. The Balaban J connectivity index is 1.98. The number of halogens is 1. The smallest absolute Gasteiger partial charge is 0.191 e. The number of guanidine groups is 1. The first-order valence-corrected chi connectivity index (χ1v) is 8.58. The molecule has 0 fully saturated rings. The summed E-state index contributed by atoms with van der Waals surface area (Å²) in [7, 11) is 3.64. The number of hydrogen-bond acceptors (Lipinski definition) is 4. The Kier molecular flexibility index (Phi) is 7.69. The number of aromatic nitrogens is 3. The molecule has 0 bridgehead atoms. The molecule has 0 saturated heterocycles. The number of aryl methyl sites for hydroxylation is 1. The van der Waals surface area contributed by atoms with Gasteiger partial charge in [0.15, 0.2) is 11.8 Å². The molecule has 0 spiro atoms. The van der Waals surface area contributed by atoms with E-state index in [1.165, 1.54) is 0 Å². The van der Waals surface area contributed by atoms with Gasteiger partial charge in [-0.05, 0) is 31.0 Å². The van der Waals surface area contributed by atoms with Crippen LogP contribution in [0.4, 0.5) is 0 Å². The fourth-order valence-corrected chi connectivity index (χ4v) is 2.38. The van der Waals surface area contributed by atoms with E-state index in [1.54, 1.807) is 7.11 Å². The number of hydrogen-bond donors (Lipinski definition) is 2. The molecule has 2 N–H and O–H groups in total. The van der Waals surface area contributed by atoms with E-state index in [-0.39, 0.29) is 0 Å². The van der Waals surface area contributed by atoms with Gasteiger partial charge >= 0.3 is 0 Å². The van der Waals surface area contributed by atoms with Crippen LogP contribution in [-0.2, 0) is 24.9 Å². The van der Waals surface area contributed by atoms with Crippen LogP contribution in [0.25, 0.3) is 0 Å². The van der Waals surface area contributed by atoms with Crippen molar-refractivity contribution in [2.75, 3.05) is 20.3 Å². The SMILES string of the molecule is COCCCNC(=NCc1cccc(Cl)c1)NCc1nnc(C)n1C. The molecule has 1 aromatic carbocycles. The van der Waals surface area contributed by atoms with Gasteiger partial charge < -0.3 is 19.9 Å². The molecule has 0 saturated carbocycles. The molecular weight excluding hydrogens is 340 g/mol. The summed E-state index contributed by atoms with van der Waals surface area (Å²) in [5.74, 6) is 2.45. The molecule has 0 atom stereocenters. The fourth-order valence-electron chi connectivity index (χ4n) is 2.17. The number of nitrogens with zero attached hydrogens (tertiary/aromatic N) is 4. The quantitative estimate of drug-likeness (QED) is 0.426. The van der Waals surface area contributed by atoms with Crippen LogP contribution >= 0.6 is 11.6 Å². The van der Waals surface area contributed by atoms with Crippen molar-refractivity contribution < 1.29 is 4.74 Å². The summed E-state index contributed by atoms with van der Waals surface area (Å²) in [6, 6.07) is 7.70. The second kappa shape index (κ2) is 10.0. The highest BCUT2D eigenvalue weighted by Gasteiger charge is 2.06. The van der Waals surface area contributed by atoms with E-state index in [0.717, 1.165) is 36.1 Å². The number of ether oxygens (including phenoxy) is 1. The Hall–Kier alpha value is -2.12. The summed E-state index contributed by atoms with van der Waals surface area (Å²) >= 11 is 6.03.